The summed E-state index contributed by atoms with van der Waals surface area (Å²) in [5.74, 6) is -0.149. The Kier molecular flexibility index (Phi) is 4.33. The van der Waals surface area contributed by atoms with Gasteiger partial charge >= 0.3 is 0 Å². The van der Waals surface area contributed by atoms with Crippen molar-refractivity contribution in [1.82, 2.24) is 0 Å². The Morgan fingerprint density at radius 1 is 1.17 bits per heavy atom. The first-order valence-electron chi connectivity index (χ1n) is 5.46. The molecule has 18 heavy (non-hydrogen) atoms. The van der Waals surface area contributed by atoms with Crippen LogP contribution in [0.25, 0.3) is 0 Å². The smallest absolute Gasteiger partial charge is 0.255 e. The fourth-order valence-corrected chi connectivity index (χ4v) is 2.12. The highest BCUT2D eigenvalue weighted by molar-refractivity contribution is 14.1. The Balaban J connectivity index is 2.16. The molecule has 1 amide bonds. The number of carbonyl (C=O) groups excluding carboxylic acids is 1. The van der Waals surface area contributed by atoms with Crippen molar-refractivity contribution >= 4 is 34.2 Å². The molecule has 2 N–H and O–H groups in total. The molecule has 0 fully saturated rings. The molecule has 0 spiro atoms. The van der Waals surface area contributed by atoms with Gasteiger partial charge in [-0.3, -0.25) is 4.79 Å². The zero-order chi connectivity index (χ0) is 13.0. The predicted molar refractivity (Wildman–Crippen MR) is 79.5 cm³/mol. The number of halogens is 1. The highest BCUT2D eigenvalue weighted by Crippen LogP contribution is 2.13. The van der Waals surface area contributed by atoms with Gasteiger partial charge in [-0.1, -0.05) is 18.2 Å². The summed E-state index contributed by atoms with van der Waals surface area (Å²) >= 11 is 2.17. The van der Waals surface area contributed by atoms with Crippen molar-refractivity contribution in [3.8, 4) is 0 Å². The van der Waals surface area contributed by atoms with E-state index < -0.39 is 0 Å². The topological polar surface area (TPSA) is 49.3 Å². The lowest BCUT2D eigenvalue weighted by Gasteiger charge is -2.06. The molecular formula is C14H12INO2. The lowest BCUT2D eigenvalue weighted by atomic mass is 10.2. The number of benzene rings is 2. The quantitative estimate of drug-likeness (QED) is 0.834. The van der Waals surface area contributed by atoms with Crippen molar-refractivity contribution in [3.63, 3.8) is 0 Å². The molecule has 3 nitrogen and oxygen atoms in total. The van der Waals surface area contributed by atoms with Crippen LogP contribution in [0, 0.1) is 3.57 Å². The Morgan fingerprint density at radius 3 is 2.67 bits per heavy atom. The number of anilines is 1. The number of carbonyl (C=O) groups is 1. The third kappa shape index (κ3) is 3.30. The molecule has 0 heterocycles. The minimum absolute atomic E-state index is 0.0348. The van der Waals surface area contributed by atoms with Gasteiger partial charge in [0.1, 0.15) is 0 Å². The van der Waals surface area contributed by atoms with Crippen LogP contribution in [-0.4, -0.2) is 11.0 Å². The van der Waals surface area contributed by atoms with Crippen molar-refractivity contribution < 1.29 is 9.90 Å². The molecule has 4 heteroatoms. The summed E-state index contributed by atoms with van der Waals surface area (Å²) in [5.41, 5.74) is 2.08. The molecule has 0 aromatic heterocycles. The van der Waals surface area contributed by atoms with E-state index in [4.69, 9.17) is 5.11 Å². The summed E-state index contributed by atoms with van der Waals surface area (Å²) in [6.07, 6.45) is 0. The fraction of sp³-hybridized carbons (Fsp3) is 0.0714. The zero-order valence-electron chi connectivity index (χ0n) is 9.56. The number of aliphatic hydroxyl groups is 1. The van der Waals surface area contributed by atoms with E-state index in [0.717, 1.165) is 9.13 Å². The zero-order valence-corrected chi connectivity index (χ0v) is 11.7. The second-order valence-electron chi connectivity index (χ2n) is 3.82. The minimum Gasteiger partial charge on any atom is -0.392 e. The van der Waals surface area contributed by atoms with Gasteiger partial charge < -0.3 is 10.4 Å². The number of aliphatic hydroxyl groups excluding tert-OH is 1. The minimum atomic E-state index is -0.149. The highest BCUT2D eigenvalue weighted by atomic mass is 127. The van der Waals surface area contributed by atoms with E-state index in [-0.39, 0.29) is 12.5 Å². The van der Waals surface area contributed by atoms with Crippen molar-refractivity contribution in [3.05, 3.63) is 63.2 Å². The van der Waals surface area contributed by atoms with Gasteiger partial charge in [0.15, 0.2) is 0 Å². The molecule has 0 bridgehead atoms. The van der Waals surface area contributed by atoms with Gasteiger partial charge in [-0.2, -0.15) is 0 Å². The summed E-state index contributed by atoms with van der Waals surface area (Å²) in [7, 11) is 0. The van der Waals surface area contributed by atoms with E-state index in [1.165, 1.54) is 0 Å². The number of hydrogen-bond donors (Lipinski definition) is 2. The van der Waals surface area contributed by atoms with E-state index in [0.29, 0.717) is 11.3 Å². The molecule has 0 unspecified atom stereocenters. The molecule has 0 atom stereocenters. The predicted octanol–water partition coefficient (Wildman–Crippen LogP) is 3.04. The second kappa shape index (κ2) is 5.97. The standard InChI is InChI=1S/C14H12INO2/c15-12-5-2-4-11(8-12)14(18)16-13-6-1-3-10(7-13)9-17/h1-8,17H,9H2,(H,16,18). The van der Waals surface area contributed by atoms with E-state index >= 15 is 0 Å². The molecule has 0 aliphatic rings. The number of nitrogens with one attached hydrogen (secondary N) is 1. The Morgan fingerprint density at radius 2 is 1.94 bits per heavy atom. The van der Waals surface area contributed by atoms with E-state index in [9.17, 15) is 4.79 Å². The molecule has 0 aliphatic carbocycles. The van der Waals surface area contributed by atoms with Crippen molar-refractivity contribution in [2.24, 2.45) is 0 Å². The summed E-state index contributed by atoms with van der Waals surface area (Å²) < 4.78 is 1.02. The molecule has 0 radical (unpaired) electrons. The summed E-state index contributed by atoms with van der Waals surface area (Å²) in [6.45, 7) is -0.0348. The van der Waals surface area contributed by atoms with Crippen LogP contribution < -0.4 is 5.32 Å². The Labute approximate surface area is 119 Å². The normalized spacial score (nSPS) is 10.1. The van der Waals surface area contributed by atoms with Crippen molar-refractivity contribution in [1.29, 1.82) is 0 Å². The van der Waals surface area contributed by atoms with Crippen molar-refractivity contribution in [2.45, 2.75) is 6.61 Å². The first-order chi connectivity index (χ1) is 8.69. The van der Waals surface area contributed by atoms with Crippen LogP contribution in [0.5, 0.6) is 0 Å². The van der Waals surface area contributed by atoms with E-state index in [2.05, 4.69) is 27.9 Å². The maximum Gasteiger partial charge on any atom is 0.255 e. The fourth-order valence-electron chi connectivity index (χ4n) is 1.58. The number of rotatable bonds is 3. The molecule has 0 saturated heterocycles. The van der Waals surface area contributed by atoms with Crippen LogP contribution in [0.15, 0.2) is 48.5 Å². The highest BCUT2D eigenvalue weighted by Gasteiger charge is 2.06. The Hall–Kier alpha value is -1.40. The van der Waals surface area contributed by atoms with Gasteiger partial charge in [-0.05, 0) is 58.5 Å². The van der Waals surface area contributed by atoms with Crippen LogP contribution in [-0.2, 0) is 6.61 Å². The second-order valence-corrected chi connectivity index (χ2v) is 5.07. The lowest BCUT2D eigenvalue weighted by molar-refractivity contribution is 0.102. The SMILES string of the molecule is O=C(Nc1cccc(CO)c1)c1cccc(I)c1. The third-order valence-electron chi connectivity index (χ3n) is 2.45. The number of hydrogen-bond acceptors (Lipinski definition) is 2. The maximum absolute atomic E-state index is 12.0. The molecule has 2 aromatic rings. The monoisotopic (exact) mass is 353 g/mol. The van der Waals surface area contributed by atoms with Gasteiger partial charge in [-0.15, -0.1) is 0 Å². The largest absolute Gasteiger partial charge is 0.392 e. The van der Waals surface area contributed by atoms with Gasteiger partial charge in [0.05, 0.1) is 6.61 Å². The van der Waals surface area contributed by atoms with Gasteiger partial charge in [-0.25, -0.2) is 0 Å². The van der Waals surface area contributed by atoms with Gasteiger partial charge in [0, 0.05) is 14.8 Å². The molecule has 0 aliphatic heterocycles. The third-order valence-corrected chi connectivity index (χ3v) is 3.13. The van der Waals surface area contributed by atoms with E-state index in [1.54, 1.807) is 30.3 Å². The lowest BCUT2D eigenvalue weighted by Crippen LogP contribution is -2.12. The van der Waals surface area contributed by atoms with Crippen LogP contribution in [0.2, 0.25) is 0 Å². The first-order valence-corrected chi connectivity index (χ1v) is 6.53. The molecule has 92 valence electrons. The molecule has 2 rings (SSSR count). The molecule has 2 aromatic carbocycles. The summed E-state index contributed by atoms with van der Waals surface area (Å²) in [5, 5.41) is 11.8. The summed E-state index contributed by atoms with van der Waals surface area (Å²) in [4.78, 5) is 12.0. The first kappa shape index (κ1) is 13.0. The van der Waals surface area contributed by atoms with Crippen LogP contribution in [0.3, 0.4) is 0 Å². The van der Waals surface area contributed by atoms with Gasteiger partial charge in [0.25, 0.3) is 5.91 Å². The van der Waals surface area contributed by atoms with Crippen LogP contribution in [0.4, 0.5) is 5.69 Å². The van der Waals surface area contributed by atoms with Crippen LogP contribution in [0.1, 0.15) is 15.9 Å². The van der Waals surface area contributed by atoms with E-state index in [1.807, 2.05) is 18.2 Å². The van der Waals surface area contributed by atoms with Gasteiger partial charge in [0.2, 0.25) is 0 Å². The maximum atomic E-state index is 12.0. The van der Waals surface area contributed by atoms with Crippen molar-refractivity contribution in [2.75, 3.05) is 5.32 Å². The Bertz CT molecular complexity index is 569. The molecular weight excluding hydrogens is 341 g/mol. The summed E-state index contributed by atoms with van der Waals surface area (Å²) in [6, 6.07) is 14.5. The van der Waals surface area contributed by atoms with Crippen LogP contribution >= 0.6 is 22.6 Å². The average Bonchev–Trinajstić information content (AvgIpc) is 2.39. The average molecular weight is 353 g/mol. The molecule has 0 saturated carbocycles. The number of amides is 1.